The van der Waals surface area contributed by atoms with Crippen LogP contribution in [-0.2, 0) is 14.6 Å². The monoisotopic (exact) mass is 327 g/mol. The molecule has 3 rings (SSSR count). The highest BCUT2D eigenvalue weighted by molar-refractivity contribution is 7.92. The number of carbonyl (C=O) groups excluding carboxylic acids is 1. The lowest BCUT2D eigenvalue weighted by molar-refractivity contribution is -0.135. The van der Waals surface area contributed by atoms with Gasteiger partial charge in [-0.1, -0.05) is 38.5 Å². The van der Waals surface area contributed by atoms with Crippen molar-refractivity contribution in [2.45, 2.75) is 81.1 Å². The maximum atomic E-state index is 12.6. The van der Waals surface area contributed by atoms with Gasteiger partial charge in [-0.3, -0.25) is 4.79 Å². The van der Waals surface area contributed by atoms with Crippen molar-refractivity contribution >= 4 is 15.7 Å². The van der Waals surface area contributed by atoms with Crippen molar-refractivity contribution in [1.82, 2.24) is 4.90 Å². The summed E-state index contributed by atoms with van der Waals surface area (Å²) in [7, 11) is -3.02. The third kappa shape index (κ3) is 3.50. The lowest BCUT2D eigenvalue weighted by Gasteiger charge is -2.41. The minimum absolute atomic E-state index is 0.137. The van der Waals surface area contributed by atoms with Crippen molar-refractivity contribution in [3.63, 3.8) is 0 Å². The number of sulfone groups is 1. The second-order valence-corrected chi connectivity index (χ2v) is 9.99. The molecular weight excluding hydrogens is 298 g/mol. The van der Waals surface area contributed by atoms with E-state index in [0.717, 1.165) is 25.7 Å². The maximum Gasteiger partial charge on any atom is 0.222 e. The van der Waals surface area contributed by atoms with Crippen LogP contribution in [0.1, 0.15) is 70.6 Å². The van der Waals surface area contributed by atoms with Crippen LogP contribution in [0.3, 0.4) is 0 Å². The fraction of sp³-hybridized carbons (Fsp3) is 0.941. The highest BCUT2D eigenvalue weighted by atomic mass is 32.2. The van der Waals surface area contributed by atoms with Crippen molar-refractivity contribution in [2.75, 3.05) is 13.1 Å². The molecule has 1 heterocycles. The smallest absolute Gasteiger partial charge is 0.222 e. The van der Waals surface area contributed by atoms with Crippen LogP contribution in [0.25, 0.3) is 0 Å². The standard InChI is InChI=1S/C17H29NO3S/c19-17(11-14-7-3-1-4-8-14)18-12-16(13-18)22(20,21)15-9-5-2-6-10-15/h14-16H,1-13H2. The third-order valence-electron chi connectivity index (χ3n) is 5.87. The third-order valence-corrected chi connectivity index (χ3v) is 8.50. The van der Waals surface area contributed by atoms with E-state index in [1.165, 1.54) is 38.5 Å². The molecule has 0 unspecified atom stereocenters. The molecule has 0 N–H and O–H groups in total. The maximum absolute atomic E-state index is 12.6. The molecule has 0 aromatic heterocycles. The summed E-state index contributed by atoms with van der Waals surface area (Å²) in [5.74, 6) is 0.720. The minimum atomic E-state index is -3.02. The highest BCUT2D eigenvalue weighted by Gasteiger charge is 2.43. The van der Waals surface area contributed by atoms with Crippen molar-refractivity contribution in [2.24, 2.45) is 5.92 Å². The molecule has 3 aliphatic rings. The number of hydrogen-bond donors (Lipinski definition) is 0. The van der Waals surface area contributed by atoms with Gasteiger partial charge in [-0.05, 0) is 31.6 Å². The molecule has 0 aromatic rings. The fourth-order valence-corrected chi connectivity index (χ4v) is 6.59. The van der Waals surface area contributed by atoms with Gasteiger partial charge in [0.15, 0.2) is 9.84 Å². The molecule has 4 nitrogen and oxygen atoms in total. The summed E-state index contributed by atoms with van der Waals surface area (Å²) in [6.45, 7) is 0.898. The predicted octanol–water partition coefficient (Wildman–Crippen LogP) is 2.92. The van der Waals surface area contributed by atoms with E-state index < -0.39 is 9.84 Å². The summed E-state index contributed by atoms with van der Waals surface area (Å²) < 4.78 is 25.2. The van der Waals surface area contributed by atoms with E-state index in [4.69, 9.17) is 0 Å². The first kappa shape index (κ1) is 16.3. The van der Waals surface area contributed by atoms with Gasteiger partial charge in [-0.25, -0.2) is 8.42 Å². The summed E-state index contributed by atoms with van der Waals surface area (Å²) >= 11 is 0. The first-order chi connectivity index (χ1) is 10.6. The lowest BCUT2D eigenvalue weighted by Crippen LogP contribution is -2.59. The van der Waals surface area contributed by atoms with Crippen LogP contribution in [0, 0.1) is 5.92 Å². The second kappa shape index (κ2) is 6.90. The summed E-state index contributed by atoms with van der Waals surface area (Å²) in [6, 6.07) is 0. The van der Waals surface area contributed by atoms with Crippen LogP contribution in [0.2, 0.25) is 0 Å². The Morgan fingerprint density at radius 3 is 1.95 bits per heavy atom. The van der Waals surface area contributed by atoms with E-state index in [1.807, 2.05) is 0 Å². The number of rotatable bonds is 4. The number of carbonyl (C=O) groups is 1. The number of likely N-dealkylation sites (tertiary alicyclic amines) is 1. The average Bonchev–Trinajstić information content (AvgIpc) is 2.47. The number of amides is 1. The average molecular weight is 327 g/mol. The minimum Gasteiger partial charge on any atom is -0.340 e. The van der Waals surface area contributed by atoms with E-state index in [9.17, 15) is 13.2 Å². The Hall–Kier alpha value is -0.580. The van der Waals surface area contributed by atoms with Crippen LogP contribution < -0.4 is 0 Å². The van der Waals surface area contributed by atoms with Gasteiger partial charge < -0.3 is 4.90 Å². The van der Waals surface area contributed by atoms with Gasteiger partial charge in [0.2, 0.25) is 5.91 Å². The van der Waals surface area contributed by atoms with Gasteiger partial charge in [0.1, 0.15) is 0 Å². The molecule has 0 atom stereocenters. The molecule has 2 saturated carbocycles. The number of hydrogen-bond acceptors (Lipinski definition) is 3. The zero-order valence-corrected chi connectivity index (χ0v) is 14.3. The normalized spacial score (nSPS) is 25.9. The van der Waals surface area contributed by atoms with Crippen molar-refractivity contribution in [3.8, 4) is 0 Å². The Balaban J connectivity index is 1.47. The van der Waals surface area contributed by atoms with Gasteiger partial charge >= 0.3 is 0 Å². The fourth-order valence-electron chi connectivity index (χ4n) is 4.28. The first-order valence-electron chi connectivity index (χ1n) is 9.08. The molecule has 1 saturated heterocycles. The van der Waals surface area contributed by atoms with Crippen molar-refractivity contribution in [1.29, 1.82) is 0 Å². The van der Waals surface area contributed by atoms with Crippen LogP contribution in [0.15, 0.2) is 0 Å². The molecule has 22 heavy (non-hydrogen) atoms. The summed E-state index contributed by atoms with van der Waals surface area (Å²) in [5.41, 5.74) is 0. The van der Waals surface area contributed by atoms with Gasteiger partial charge in [0.05, 0.1) is 10.5 Å². The molecule has 2 aliphatic carbocycles. The Kier molecular flexibility index (Phi) is 5.10. The Morgan fingerprint density at radius 1 is 0.818 bits per heavy atom. The molecule has 0 radical (unpaired) electrons. The van der Waals surface area contributed by atoms with Gasteiger partial charge in [0.25, 0.3) is 0 Å². The van der Waals surface area contributed by atoms with Crippen LogP contribution in [0.4, 0.5) is 0 Å². The SMILES string of the molecule is O=C(CC1CCCCC1)N1CC(S(=O)(=O)C2CCCCC2)C1. The van der Waals surface area contributed by atoms with Crippen molar-refractivity contribution in [3.05, 3.63) is 0 Å². The van der Waals surface area contributed by atoms with Gasteiger partial charge in [-0.15, -0.1) is 0 Å². The molecule has 3 fully saturated rings. The molecule has 126 valence electrons. The topological polar surface area (TPSA) is 54.5 Å². The van der Waals surface area contributed by atoms with E-state index >= 15 is 0 Å². The molecule has 0 bridgehead atoms. The molecule has 1 aliphatic heterocycles. The largest absolute Gasteiger partial charge is 0.340 e. The summed E-state index contributed by atoms with van der Waals surface area (Å²) in [4.78, 5) is 14.1. The summed E-state index contributed by atoms with van der Waals surface area (Å²) in [6.07, 6.45) is 11.7. The van der Waals surface area contributed by atoms with Crippen LogP contribution in [0.5, 0.6) is 0 Å². The summed E-state index contributed by atoms with van der Waals surface area (Å²) in [5, 5.41) is -0.423. The predicted molar refractivity (Wildman–Crippen MR) is 87.4 cm³/mol. The van der Waals surface area contributed by atoms with Gasteiger partial charge in [0, 0.05) is 19.5 Å². The molecular formula is C17H29NO3S. The van der Waals surface area contributed by atoms with Gasteiger partial charge in [-0.2, -0.15) is 0 Å². The molecule has 5 heteroatoms. The van der Waals surface area contributed by atoms with E-state index in [-0.39, 0.29) is 16.4 Å². The Morgan fingerprint density at radius 2 is 1.36 bits per heavy atom. The molecule has 0 spiro atoms. The zero-order chi connectivity index (χ0) is 15.6. The Labute approximate surface area is 134 Å². The molecule has 1 amide bonds. The number of nitrogens with zero attached hydrogens (tertiary/aromatic N) is 1. The van der Waals surface area contributed by atoms with Crippen molar-refractivity contribution < 1.29 is 13.2 Å². The van der Waals surface area contributed by atoms with E-state index in [1.54, 1.807) is 4.90 Å². The lowest BCUT2D eigenvalue weighted by atomic mass is 9.86. The van der Waals surface area contributed by atoms with E-state index in [2.05, 4.69) is 0 Å². The van der Waals surface area contributed by atoms with Crippen LogP contribution >= 0.6 is 0 Å². The quantitative estimate of drug-likeness (QED) is 0.798. The first-order valence-corrected chi connectivity index (χ1v) is 10.7. The zero-order valence-electron chi connectivity index (χ0n) is 13.5. The van der Waals surface area contributed by atoms with E-state index in [0.29, 0.717) is 25.4 Å². The second-order valence-electron chi connectivity index (χ2n) is 7.48. The highest BCUT2D eigenvalue weighted by Crippen LogP contribution is 2.31. The van der Waals surface area contributed by atoms with Crippen LogP contribution in [-0.4, -0.2) is 42.8 Å². The Bertz CT molecular complexity index is 484. The molecule has 0 aromatic carbocycles.